The zero-order chi connectivity index (χ0) is 12.3. The van der Waals surface area contributed by atoms with E-state index in [1.165, 1.54) is 31.7 Å². The Balaban J connectivity index is 2.07. The lowest BCUT2D eigenvalue weighted by Gasteiger charge is -2.12. The summed E-state index contributed by atoms with van der Waals surface area (Å²) < 4.78 is 0.858. The Hall–Kier alpha value is -1.10. The molecule has 0 spiro atoms. The van der Waals surface area contributed by atoms with Gasteiger partial charge >= 0.3 is 0 Å². The number of nitro groups is 1. The van der Waals surface area contributed by atoms with E-state index in [-0.39, 0.29) is 10.6 Å². The highest BCUT2D eigenvalue weighted by atomic mass is 79.9. The maximum Gasteiger partial charge on any atom is 0.292 e. The molecule has 0 unspecified atom stereocenters. The lowest BCUT2D eigenvalue weighted by molar-refractivity contribution is -0.384. The van der Waals surface area contributed by atoms with Crippen LogP contribution >= 0.6 is 15.9 Å². The number of anilines is 1. The van der Waals surface area contributed by atoms with Gasteiger partial charge in [0.25, 0.3) is 5.69 Å². The Bertz CT molecular complexity index is 417. The average molecular weight is 299 g/mol. The van der Waals surface area contributed by atoms with Crippen LogP contribution in [0.4, 0.5) is 11.4 Å². The first-order chi connectivity index (χ1) is 8.16. The predicted octanol–water partition coefficient (Wildman–Crippen LogP) is 3.96. The molecule has 1 aliphatic carbocycles. The van der Waals surface area contributed by atoms with Gasteiger partial charge in [-0.05, 0) is 30.9 Å². The van der Waals surface area contributed by atoms with Crippen molar-refractivity contribution in [2.24, 2.45) is 5.92 Å². The number of nitrogens with zero attached hydrogens (tertiary/aromatic N) is 1. The van der Waals surface area contributed by atoms with Gasteiger partial charge in [0.05, 0.1) is 4.92 Å². The van der Waals surface area contributed by atoms with Gasteiger partial charge in [-0.25, -0.2) is 0 Å². The highest BCUT2D eigenvalue weighted by Crippen LogP contribution is 2.30. The number of halogens is 1. The highest BCUT2D eigenvalue weighted by Gasteiger charge is 2.18. The van der Waals surface area contributed by atoms with Crippen LogP contribution in [0.15, 0.2) is 22.7 Å². The van der Waals surface area contributed by atoms with Crippen molar-refractivity contribution in [3.05, 3.63) is 32.8 Å². The number of rotatable bonds is 4. The fourth-order valence-electron chi connectivity index (χ4n) is 2.28. The van der Waals surface area contributed by atoms with Crippen LogP contribution in [-0.2, 0) is 0 Å². The second-order valence-electron chi connectivity index (χ2n) is 4.45. The van der Waals surface area contributed by atoms with Gasteiger partial charge in [-0.2, -0.15) is 0 Å². The first-order valence-electron chi connectivity index (χ1n) is 5.84. The van der Waals surface area contributed by atoms with Gasteiger partial charge in [0.2, 0.25) is 0 Å². The molecule has 1 aromatic carbocycles. The number of nitro benzene ring substituents is 1. The van der Waals surface area contributed by atoms with Crippen LogP contribution < -0.4 is 5.32 Å². The van der Waals surface area contributed by atoms with E-state index in [0.717, 1.165) is 11.0 Å². The lowest BCUT2D eigenvalue weighted by Crippen LogP contribution is -2.12. The summed E-state index contributed by atoms with van der Waals surface area (Å²) in [4.78, 5) is 10.5. The number of hydrogen-bond donors (Lipinski definition) is 1. The van der Waals surface area contributed by atoms with E-state index in [2.05, 4.69) is 21.2 Å². The molecule has 2 rings (SSSR count). The zero-order valence-electron chi connectivity index (χ0n) is 9.49. The standard InChI is InChI=1S/C12H15BrN2O2/c13-10-5-6-12(15(16)17)11(7-10)14-8-9-3-1-2-4-9/h5-7,9,14H,1-4,8H2. The Morgan fingerprint density at radius 1 is 1.41 bits per heavy atom. The van der Waals surface area contributed by atoms with E-state index in [1.807, 2.05) is 0 Å². The molecule has 0 amide bonds. The molecular formula is C12H15BrN2O2. The molecule has 0 bridgehead atoms. The van der Waals surface area contributed by atoms with Crippen molar-refractivity contribution in [3.63, 3.8) is 0 Å². The molecule has 0 aliphatic heterocycles. The van der Waals surface area contributed by atoms with Crippen LogP contribution in [0.3, 0.4) is 0 Å². The lowest BCUT2D eigenvalue weighted by atomic mass is 10.1. The van der Waals surface area contributed by atoms with Crippen LogP contribution in [0.2, 0.25) is 0 Å². The molecule has 0 heterocycles. The average Bonchev–Trinajstić information content (AvgIpc) is 2.78. The highest BCUT2D eigenvalue weighted by molar-refractivity contribution is 9.10. The van der Waals surface area contributed by atoms with Gasteiger partial charge in [-0.1, -0.05) is 28.8 Å². The number of benzene rings is 1. The van der Waals surface area contributed by atoms with Crippen molar-refractivity contribution in [1.82, 2.24) is 0 Å². The second kappa shape index (κ2) is 5.49. The molecule has 4 nitrogen and oxygen atoms in total. The summed E-state index contributed by atoms with van der Waals surface area (Å²) in [7, 11) is 0. The minimum absolute atomic E-state index is 0.145. The molecule has 1 aromatic rings. The molecular weight excluding hydrogens is 284 g/mol. The van der Waals surface area contributed by atoms with E-state index >= 15 is 0 Å². The maximum atomic E-state index is 10.9. The van der Waals surface area contributed by atoms with Crippen molar-refractivity contribution in [3.8, 4) is 0 Å². The van der Waals surface area contributed by atoms with Crippen LogP contribution in [0.1, 0.15) is 25.7 Å². The maximum absolute atomic E-state index is 10.9. The normalized spacial score (nSPS) is 16.1. The van der Waals surface area contributed by atoms with Crippen molar-refractivity contribution < 1.29 is 4.92 Å². The zero-order valence-corrected chi connectivity index (χ0v) is 11.1. The molecule has 0 atom stereocenters. The van der Waals surface area contributed by atoms with Crippen molar-refractivity contribution in [2.45, 2.75) is 25.7 Å². The first-order valence-corrected chi connectivity index (χ1v) is 6.64. The van der Waals surface area contributed by atoms with Gasteiger partial charge < -0.3 is 5.32 Å². The summed E-state index contributed by atoms with van der Waals surface area (Å²) in [6.07, 6.45) is 5.03. The Labute approximate surface area is 109 Å². The topological polar surface area (TPSA) is 55.2 Å². The predicted molar refractivity (Wildman–Crippen MR) is 71.2 cm³/mol. The molecule has 0 radical (unpaired) electrons. The van der Waals surface area contributed by atoms with Crippen LogP contribution in [-0.4, -0.2) is 11.5 Å². The molecule has 1 saturated carbocycles. The van der Waals surface area contributed by atoms with Crippen molar-refractivity contribution in [2.75, 3.05) is 11.9 Å². The van der Waals surface area contributed by atoms with Gasteiger partial charge in [0, 0.05) is 17.1 Å². The van der Waals surface area contributed by atoms with E-state index < -0.39 is 0 Å². The number of nitrogens with one attached hydrogen (secondary N) is 1. The molecule has 17 heavy (non-hydrogen) atoms. The van der Waals surface area contributed by atoms with E-state index in [4.69, 9.17) is 0 Å². The third-order valence-corrected chi connectivity index (χ3v) is 3.70. The van der Waals surface area contributed by atoms with E-state index in [1.54, 1.807) is 12.1 Å². The summed E-state index contributed by atoms with van der Waals surface area (Å²) in [5.74, 6) is 0.661. The van der Waals surface area contributed by atoms with Crippen LogP contribution in [0, 0.1) is 16.0 Å². The second-order valence-corrected chi connectivity index (χ2v) is 5.37. The molecule has 0 aromatic heterocycles. The molecule has 0 saturated heterocycles. The fraction of sp³-hybridized carbons (Fsp3) is 0.500. The van der Waals surface area contributed by atoms with Crippen LogP contribution in [0.5, 0.6) is 0 Å². The van der Waals surface area contributed by atoms with Crippen molar-refractivity contribution in [1.29, 1.82) is 0 Å². The third kappa shape index (κ3) is 3.19. The monoisotopic (exact) mass is 298 g/mol. The third-order valence-electron chi connectivity index (χ3n) is 3.21. The summed E-state index contributed by atoms with van der Waals surface area (Å²) in [5, 5.41) is 14.1. The molecule has 1 fully saturated rings. The summed E-state index contributed by atoms with van der Waals surface area (Å²) >= 11 is 3.34. The molecule has 5 heteroatoms. The molecule has 1 N–H and O–H groups in total. The Kier molecular flexibility index (Phi) is 3.99. The van der Waals surface area contributed by atoms with Crippen LogP contribution in [0.25, 0.3) is 0 Å². The Morgan fingerprint density at radius 3 is 2.76 bits per heavy atom. The summed E-state index contributed by atoms with van der Waals surface area (Å²) in [5.41, 5.74) is 0.752. The molecule has 1 aliphatic rings. The van der Waals surface area contributed by atoms with Gasteiger partial charge in [0.1, 0.15) is 5.69 Å². The minimum atomic E-state index is -0.344. The minimum Gasteiger partial charge on any atom is -0.379 e. The van der Waals surface area contributed by atoms with Crippen molar-refractivity contribution >= 4 is 27.3 Å². The number of hydrogen-bond acceptors (Lipinski definition) is 3. The van der Waals surface area contributed by atoms with Gasteiger partial charge in [-0.15, -0.1) is 0 Å². The molecule has 92 valence electrons. The quantitative estimate of drug-likeness (QED) is 0.676. The fourth-order valence-corrected chi connectivity index (χ4v) is 2.64. The Morgan fingerprint density at radius 2 is 2.12 bits per heavy atom. The van der Waals surface area contributed by atoms with E-state index in [9.17, 15) is 10.1 Å². The smallest absolute Gasteiger partial charge is 0.292 e. The van der Waals surface area contributed by atoms with E-state index in [0.29, 0.717) is 11.6 Å². The largest absolute Gasteiger partial charge is 0.379 e. The summed E-state index contributed by atoms with van der Waals surface area (Å²) in [6.45, 7) is 0.831. The van der Waals surface area contributed by atoms with Gasteiger partial charge in [-0.3, -0.25) is 10.1 Å². The SMILES string of the molecule is O=[N+]([O-])c1ccc(Br)cc1NCC1CCCC1. The first kappa shape index (κ1) is 12.4. The summed E-state index contributed by atoms with van der Waals surface area (Å²) in [6, 6.07) is 4.99. The van der Waals surface area contributed by atoms with Gasteiger partial charge in [0.15, 0.2) is 0 Å².